The molecule has 1 aromatic carbocycles. The molecule has 20 heavy (non-hydrogen) atoms. The first-order chi connectivity index (χ1) is 9.85. The second kappa shape index (κ2) is 5.88. The van der Waals surface area contributed by atoms with Crippen molar-refractivity contribution in [1.82, 2.24) is 5.32 Å². The number of fused-ring (bicyclic) bond motifs is 1. The zero-order chi connectivity index (χ0) is 13.8. The number of ether oxygens (including phenoxy) is 3. The van der Waals surface area contributed by atoms with Gasteiger partial charge in [-0.3, -0.25) is 0 Å². The summed E-state index contributed by atoms with van der Waals surface area (Å²) < 4.78 is 21.7. The molecule has 0 bridgehead atoms. The Balaban J connectivity index is 1.57. The van der Waals surface area contributed by atoms with Crippen molar-refractivity contribution in [3.05, 3.63) is 41.9 Å². The van der Waals surface area contributed by atoms with Gasteiger partial charge in [0, 0.05) is 18.2 Å². The third-order valence-corrected chi connectivity index (χ3v) is 3.01. The summed E-state index contributed by atoms with van der Waals surface area (Å²) in [6, 6.07) is 7.52. The molecule has 0 saturated heterocycles. The van der Waals surface area contributed by atoms with Gasteiger partial charge < -0.3 is 23.9 Å². The summed E-state index contributed by atoms with van der Waals surface area (Å²) in [5.74, 6) is 3.01. The first-order valence-corrected chi connectivity index (χ1v) is 6.64. The molecular weight excluding hydrogens is 258 g/mol. The summed E-state index contributed by atoms with van der Waals surface area (Å²) in [4.78, 5) is 0. The molecule has 1 aliphatic rings. The molecule has 2 heterocycles. The Bertz CT molecular complexity index is 579. The minimum atomic E-state index is 0.269. The molecule has 5 heteroatoms. The van der Waals surface area contributed by atoms with Crippen LogP contribution in [-0.4, -0.2) is 13.3 Å². The molecule has 0 unspecified atom stereocenters. The lowest BCUT2D eigenvalue weighted by atomic mass is 10.3. The van der Waals surface area contributed by atoms with Gasteiger partial charge in [-0.1, -0.05) is 6.92 Å². The molecule has 0 amide bonds. The van der Waals surface area contributed by atoms with Crippen LogP contribution in [0, 0.1) is 0 Å². The lowest BCUT2D eigenvalue weighted by Gasteiger charge is -2.04. The van der Waals surface area contributed by atoms with E-state index >= 15 is 0 Å². The van der Waals surface area contributed by atoms with Gasteiger partial charge >= 0.3 is 0 Å². The van der Waals surface area contributed by atoms with Gasteiger partial charge in [0.05, 0.1) is 6.26 Å². The number of rotatable bonds is 6. The van der Waals surface area contributed by atoms with E-state index in [9.17, 15) is 0 Å². The second-order valence-electron chi connectivity index (χ2n) is 4.51. The summed E-state index contributed by atoms with van der Waals surface area (Å²) in [7, 11) is 0. The molecule has 3 rings (SSSR count). The maximum absolute atomic E-state index is 5.69. The number of furan rings is 1. The van der Waals surface area contributed by atoms with E-state index in [2.05, 4.69) is 12.2 Å². The molecule has 1 aliphatic heterocycles. The van der Waals surface area contributed by atoms with Gasteiger partial charge in [0.1, 0.15) is 18.1 Å². The van der Waals surface area contributed by atoms with Crippen LogP contribution in [-0.2, 0) is 13.2 Å². The van der Waals surface area contributed by atoms with Crippen molar-refractivity contribution in [2.75, 3.05) is 13.3 Å². The van der Waals surface area contributed by atoms with Crippen LogP contribution < -0.4 is 19.5 Å². The first kappa shape index (κ1) is 12.9. The Morgan fingerprint density at radius 2 is 2.10 bits per heavy atom. The molecule has 1 N–H and O–H groups in total. The Kier molecular flexibility index (Phi) is 3.78. The van der Waals surface area contributed by atoms with E-state index in [4.69, 9.17) is 18.6 Å². The number of benzene rings is 1. The van der Waals surface area contributed by atoms with E-state index < -0.39 is 0 Å². The number of hydrogen-bond donors (Lipinski definition) is 1. The third kappa shape index (κ3) is 2.88. The van der Waals surface area contributed by atoms with Gasteiger partial charge in [-0.2, -0.15) is 0 Å². The highest BCUT2D eigenvalue weighted by Gasteiger charge is 2.13. The van der Waals surface area contributed by atoms with Crippen LogP contribution in [0.2, 0.25) is 0 Å². The van der Waals surface area contributed by atoms with Crippen molar-refractivity contribution in [1.29, 1.82) is 0 Å². The lowest BCUT2D eigenvalue weighted by Crippen LogP contribution is -2.10. The summed E-state index contributed by atoms with van der Waals surface area (Å²) in [5, 5.41) is 3.25. The molecule has 0 saturated carbocycles. The molecule has 0 fully saturated rings. The van der Waals surface area contributed by atoms with Gasteiger partial charge in [-0.25, -0.2) is 0 Å². The molecule has 106 valence electrons. The van der Waals surface area contributed by atoms with Gasteiger partial charge in [0.15, 0.2) is 11.5 Å². The average Bonchev–Trinajstić information content (AvgIpc) is 3.11. The molecule has 0 aliphatic carbocycles. The second-order valence-corrected chi connectivity index (χ2v) is 4.51. The van der Waals surface area contributed by atoms with Crippen molar-refractivity contribution in [3.8, 4) is 17.2 Å². The average molecular weight is 275 g/mol. The largest absolute Gasteiger partial charge is 0.486 e. The minimum Gasteiger partial charge on any atom is -0.486 e. The van der Waals surface area contributed by atoms with Crippen molar-refractivity contribution in [3.63, 3.8) is 0 Å². The quantitative estimate of drug-likeness (QED) is 0.878. The van der Waals surface area contributed by atoms with Crippen LogP contribution in [0.25, 0.3) is 0 Å². The summed E-state index contributed by atoms with van der Waals surface area (Å²) in [6.07, 6.45) is 1.75. The molecule has 5 nitrogen and oxygen atoms in total. The highest BCUT2D eigenvalue weighted by atomic mass is 16.7. The summed E-state index contributed by atoms with van der Waals surface area (Å²) in [5.41, 5.74) is 1.12. The molecule has 1 aromatic heterocycles. The van der Waals surface area contributed by atoms with Gasteiger partial charge in [-0.05, 0) is 24.7 Å². The van der Waals surface area contributed by atoms with Crippen LogP contribution in [0.3, 0.4) is 0 Å². The monoisotopic (exact) mass is 275 g/mol. The van der Waals surface area contributed by atoms with Gasteiger partial charge in [0.2, 0.25) is 6.79 Å². The standard InChI is InChI=1S/C15H17NO4/c1-2-16-7-11-5-13(17-8-11)9-18-12-3-4-14-15(6-12)20-10-19-14/h3-6,8,16H,2,7,9-10H2,1H3. The molecule has 0 radical (unpaired) electrons. The van der Waals surface area contributed by atoms with Crippen LogP contribution in [0.1, 0.15) is 18.2 Å². The predicted molar refractivity (Wildman–Crippen MR) is 73.0 cm³/mol. The van der Waals surface area contributed by atoms with E-state index in [0.29, 0.717) is 6.61 Å². The van der Waals surface area contributed by atoms with Crippen LogP contribution in [0.4, 0.5) is 0 Å². The number of hydrogen-bond acceptors (Lipinski definition) is 5. The fraction of sp³-hybridized carbons (Fsp3) is 0.333. The van der Waals surface area contributed by atoms with E-state index in [0.717, 1.165) is 41.7 Å². The molecule has 2 aromatic rings. The zero-order valence-corrected chi connectivity index (χ0v) is 11.3. The summed E-state index contributed by atoms with van der Waals surface area (Å²) >= 11 is 0. The fourth-order valence-electron chi connectivity index (χ4n) is 1.99. The van der Waals surface area contributed by atoms with Crippen LogP contribution in [0.15, 0.2) is 34.9 Å². The fourth-order valence-corrected chi connectivity index (χ4v) is 1.99. The molecular formula is C15H17NO4. The summed E-state index contributed by atoms with van der Waals surface area (Å²) in [6.45, 7) is 4.48. The Morgan fingerprint density at radius 1 is 1.20 bits per heavy atom. The molecule has 0 spiro atoms. The molecule has 0 atom stereocenters. The first-order valence-electron chi connectivity index (χ1n) is 6.64. The Morgan fingerprint density at radius 3 is 3.00 bits per heavy atom. The maximum Gasteiger partial charge on any atom is 0.231 e. The normalized spacial score (nSPS) is 12.7. The van der Waals surface area contributed by atoms with E-state index in [1.54, 1.807) is 6.26 Å². The SMILES string of the molecule is CCNCc1coc(COc2ccc3c(c2)OCO3)c1. The smallest absolute Gasteiger partial charge is 0.231 e. The van der Waals surface area contributed by atoms with Gasteiger partial charge in [-0.15, -0.1) is 0 Å². The highest BCUT2D eigenvalue weighted by Crippen LogP contribution is 2.35. The van der Waals surface area contributed by atoms with Crippen molar-refractivity contribution >= 4 is 0 Å². The van der Waals surface area contributed by atoms with Gasteiger partial charge in [0.25, 0.3) is 0 Å². The lowest BCUT2D eigenvalue weighted by molar-refractivity contribution is 0.173. The Hall–Kier alpha value is -2.14. The van der Waals surface area contributed by atoms with E-state index in [-0.39, 0.29) is 6.79 Å². The highest BCUT2D eigenvalue weighted by molar-refractivity contribution is 5.46. The third-order valence-electron chi connectivity index (χ3n) is 3.01. The van der Waals surface area contributed by atoms with Crippen molar-refractivity contribution in [2.24, 2.45) is 0 Å². The zero-order valence-electron chi connectivity index (χ0n) is 11.3. The maximum atomic E-state index is 5.69. The van der Waals surface area contributed by atoms with Crippen molar-refractivity contribution < 1.29 is 18.6 Å². The van der Waals surface area contributed by atoms with Crippen LogP contribution >= 0.6 is 0 Å². The van der Waals surface area contributed by atoms with Crippen molar-refractivity contribution in [2.45, 2.75) is 20.1 Å². The van der Waals surface area contributed by atoms with E-state index in [1.807, 2.05) is 24.3 Å². The van der Waals surface area contributed by atoms with E-state index in [1.165, 1.54) is 0 Å². The minimum absolute atomic E-state index is 0.269. The predicted octanol–water partition coefficient (Wildman–Crippen LogP) is 2.70. The number of nitrogens with one attached hydrogen (secondary N) is 1. The Labute approximate surface area is 117 Å². The topological polar surface area (TPSA) is 52.9 Å². The van der Waals surface area contributed by atoms with Crippen LogP contribution in [0.5, 0.6) is 17.2 Å².